The average Bonchev–Trinajstić information content (AvgIpc) is 3.03. The van der Waals surface area contributed by atoms with Crippen LogP contribution in [0.1, 0.15) is 44.1 Å². The fourth-order valence-corrected chi connectivity index (χ4v) is 4.07. The molecule has 1 amide bonds. The number of rotatable bonds is 7. The van der Waals surface area contributed by atoms with Gasteiger partial charge in [-0.3, -0.25) is 4.79 Å². The number of carbonyl (C=O) groups excluding carboxylic acids is 1. The van der Waals surface area contributed by atoms with E-state index in [1.165, 1.54) is 12.0 Å². The van der Waals surface area contributed by atoms with Crippen LogP contribution in [0.15, 0.2) is 35.1 Å². The van der Waals surface area contributed by atoms with E-state index in [1.807, 2.05) is 24.3 Å². The monoisotopic (exact) mass is 327 g/mol. The van der Waals surface area contributed by atoms with Gasteiger partial charge in [-0.15, -0.1) is 10.2 Å². The van der Waals surface area contributed by atoms with Crippen molar-refractivity contribution in [2.45, 2.75) is 50.0 Å². The van der Waals surface area contributed by atoms with E-state index in [0.29, 0.717) is 5.89 Å². The van der Waals surface area contributed by atoms with Gasteiger partial charge in [-0.2, -0.15) is 0 Å². The third kappa shape index (κ3) is 2.56. The number of aromatic nitrogens is 2. The van der Waals surface area contributed by atoms with E-state index in [-0.39, 0.29) is 23.5 Å². The molecule has 0 aliphatic heterocycles. The Hall–Kier alpha value is -2.37. The maximum atomic E-state index is 12.1. The predicted octanol–water partition coefficient (Wildman–Crippen LogP) is 2.39. The molecule has 5 rings (SSSR count). The van der Waals surface area contributed by atoms with Gasteiger partial charge in [-0.25, -0.2) is 0 Å². The molecule has 3 aliphatic carbocycles. The molecule has 3 saturated carbocycles. The molecule has 2 bridgehead atoms. The van der Waals surface area contributed by atoms with E-state index in [4.69, 9.17) is 9.15 Å². The summed E-state index contributed by atoms with van der Waals surface area (Å²) in [6.45, 7) is 2.20. The number of nitrogens with one attached hydrogen (secondary N) is 1. The van der Waals surface area contributed by atoms with Gasteiger partial charge in [0, 0.05) is 5.54 Å². The second-order valence-electron chi connectivity index (χ2n) is 7.07. The van der Waals surface area contributed by atoms with Crippen molar-refractivity contribution in [2.24, 2.45) is 0 Å². The van der Waals surface area contributed by atoms with Gasteiger partial charge in [0.15, 0.2) is 6.61 Å². The number of carbonyl (C=O) groups is 1. The Bertz CT molecular complexity index is 705. The zero-order valence-corrected chi connectivity index (χ0v) is 13.7. The van der Waals surface area contributed by atoms with E-state index in [9.17, 15) is 4.79 Å². The molecule has 0 atom stereocenters. The SMILES string of the molecule is CCCc1ccc(OCC(=O)NC23CC(c4nnco4)(C2)C3)cc1. The molecule has 0 saturated heterocycles. The maximum Gasteiger partial charge on any atom is 0.258 e. The molecule has 6 heteroatoms. The Labute approximate surface area is 140 Å². The number of nitrogens with zero attached hydrogens (tertiary/aromatic N) is 2. The van der Waals surface area contributed by atoms with Crippen molar-refractivity contribution in [1.29, 1.82) is 0 Å². The van der Waals surface area contributed by atoms with Crippen molar-refractivity contribution in [1.82, 2.24) is 15.5 Å². The number of ether oxygens (including phenoxy) is 1. The molecule has 6 nitrogen and oxygen atoms in total. The topological polar surface area (TPSA) is 77.2 Å². The molecule has 1 aromatic carbocycles. The van der Waals surface area contributed by atoms with Crippen LogP contribution in [0.25, 0.3) is 0 Å². The van der Waals surface area contributed by atoms with Crippen molar-refractivity contribution in [3.05, 3.63) is 42.1 Å². The Balaban J connectivity index is 1.24. The third-order valence-corrected chi connectivity index (χ3v) is 5.08. The van der Waals surface area contributed by atoms with E-state index >= 15 is 0 Å². The van der Waals surface area contributed by atoms with Gasteiger partial charge in [-0.1, -0.05) is 25.5 Å². The summed E-state index contributed by atoms with van der Waals surface area (Å²) in [5.41, 5.74) is 1.19. The lowest BCUT2D eigenvalue weighted by Gasteiger charge is -2.68. The van der Waals surface area contributed by atoms with Crippen molar-refractivity contribution in [3.8, 4) is 5.75 Å². The lowest BCUT2D eigenvalue weighted by atomic mass is 9.39. The van der Waals surface area contributed by atoms with Gasteiger partial charge in [0.1, 0.15) is 5.75 Å². The first-order chi connectivity index (χ1) is 11.6. The molecule has 1 N–H and O–H groups in total. The molecule has 1 heterocycles. The molecule has 0 unspecified atom stereocenters. The van der Waals surface area contributed by atoms with Crippen LogP contribution < -0.4 is 10.1 Å². The first kappa shape index (κ1) is 15.2. The predicted molar refractivity (Wildman–Crippen MR) is 86.6 cm³/mol. The Morgan fingerprint density at radius 1 is 1.29 bits per heavy atom. The van der Waals surface area contributed by atoms with Crippen LogP contribution >= 0.6 is 0 Å². The molecular weight excluding hydrogens is 306 g/mol. The number of aryl methyl sites for hydroxylation is 1. The zero-order valence-electron chi connectivity index (χ0n) is 13.7. The standard InChI is InChI=1S/C18H21N3O3/c1-2-3-13-4-6-14(7-5-13)23-8-15(22)20-18-9-17(10-18,11-18)16-21-19-12-24-16/h4-7,12H,2-3,8-11H2,1H3,(H,20,22). The normalized spacial score (nSPS) is 27.0. The summed E-state index contributed by atoms with van der Waals surface area (Å²) in [7, 11) is 0. The van der Waals surface area contributed by atoms with Crippen LogP contribution in [0, 0.1) is 0 Å². The first-order valence-electron chi connectivity index (χ1n) is 8.43. The van der Waals surface area contributed by atoms with E-state index in [0.717, 1.165) is 37.9 Å². The lowest BCUT2D eigenvalue weighted by Crippen LogP contribution is -2.77. The molecule has 0 radical (unpaired) electrons. The molecule has 3 aliphatic rings. The highest BCUT2D eigenvalue weighted by atomic mass is 16.5. The number of amides is 1. The number of benzene rings is 1. The molecule has 0 spiro atoms. The minimum Gasteiger partial charge on any atom is -0.484 e. The molecular formula is C18H21N3O3. The Morgan fingerprint density at radius 3 is 2.67 bits per heavy atom. The fraction of sp³-hybridized carbons (Fsp3) is 0.500. The lowest BCUT2D eigenvalue weighted by molar-refractivity contribution is -0.143. The minimum absolute atomic E-state index is 0.000252. The molecule has 126 valence electrons. The smallest absolute Gasteiger partial charge is 0.258 e. The number of hydrogen-bond donors (Lipinski definition) is 1. The quantitative estimate of drug-likeness (QED) is 0.845. The Morgan fingerprint density at radius 2 is 2.04 bits per heavy atom. The van der Waals surface area contributed by atoms with Gasteiger partial charge in [-0.05, 0) is 43.4 Å². The van der Waals surface area contributed by atoms with Gasteiger partial charge in [0.2, 0.25) is 12.3 Å². The zero-order chi connectivity index (χ0) is 16.6. The van der Waals surface area contributed by atoms with Crippen LogP contribution in [0.4, 0.5) is 0 Å². The highest BCUT2D eigenvalue weighted by Crippen LogP contribution is 2.67. The highest BCUT2D eigenvalue weighted by molar-refractivity contribution is 5.79. The highest BCUT2D eigenvalue weighted by Gasteiger charge is 2.71. The van der Waals surface area contributed by atoms with Gasteiger partial charge < -0.3 is 14.5 Å². The molecule has 3 fully saturated rings. The van der Waals surface area contributed by atoms with Crippen molar-refractivity contribution in [2.75, 3.05) is 6.61 Å². The van der Waals surface area contributed by atoms with E-state index in [1.54, 1.807) is 0 Å². The number of hydrogen-bond acceptors (Lipinski definition) is 5. The summed E-state index contributed by atoms with van der Waals surface area (Å²) in [6, 6.07) is 7.94. The van der Waals surface area contributed by atoms with E-state index in [2.05, 4.69) is 22.4 Å². The van der Waals surface area contributed by atoms with Crippen molar-refractivity contribution >= 4 is 5.91 Å². The van der Waals surface area contributed by atoms with Crippen molar-refractivity contribution in [3.63, 3.8) is 0 Å². The van der Waals surface area contributed by atoms with Gasteiger partial charge in [0.05, 0.1) is 5.41 Å². The van der Waals surface area contributed by atoms with Crippen LogP contribution in [0.3, 0.4) is 0 Å². The largest absolute Gasteiger partial charge is 0.484 e. The molecule has 2 aromatic rings. The summed E-state index contributed by atoms with van der Waals surface area (Å²) in [5, 5.41) is 10.8. The Kier molecular flexibility index (Phi) is 3.55. The van der Waals surface area contributed by atoms with Crippen LogP contribution in [-0.4, -0.2) is 28.3 Å². The van der Waals surface area contributed by atoms with Crippen LogP contribution in [-0.2, 0) is 16.6 Å². The molecule has 1 aromatic heterocycles. The first-order valence-corrected chi connectivity index (χ1v) is 8.43. The van der Waals surface area contributed by atoms with Gasteiger partial charge >= 0.3 is 0 Å². The van der Waals surface area contributed by atoms with Crippen molar-refractivity contribution < 1.29 is 13.9 Å². The summed E-state index contributed by atoms with van der Waals surface area (Å²) in [6.07, 6.45) is 6.17. The summed E-state index contributed by atoms with van der Waals surface area (Å²) < 4.78 is 10.9. The summed E-state index contributed by atoms with van der Waals surface area (Å²) in [5.74, 6) is 1.35. The summed E-state index contributed by atoms with van der Waals surface area (Å²) in [4.78, 5) is 12.1. The van der Waals surface area contributed by atoms with Crippen LogP contribution in [0.2, 0.25) is 0 Å². The fourth-order valence-electron chi connectivity index (χ4n) is 4.07. The second kappa shape index (κ2) is 5.61. The van der Waals surface area contributed by atoms with Gasteiger partial charge in [0.25, 0.3) is 5.91 Å². The minimum atomic E-state index is -0.0973. The maximum absolute atomic E-state index is 12.1. The summed E-state index contributed by atoms with van der Waals surface area (Å²) >= 11 is 0. The molecule has 24 heavy (non-hydrogen) atoms. The third-order valence-electron chi connectivity index (χ3n) is 5.08. The van der Waals surface area contributed by atoms with Crippen LogP contribution in [0.5, 0.6) is 5.75 Å². The average molecular weight is 327 g/mol. The van der Waals surface area contributed by atoms with E-state index < -0.39 is 0 Å². The second-order valence-corrected chi connectivity index (χ2v) is 7.07.